The highest BCUT2D eigenvalue weighted by molar-refractivity contribution is 6.30. The number of hydrogen-bond acceptors (Lipinski definition) is 6. The predicted octanol–water partition coefficient (Wildman–Crippen LogP) is 4.64. The number of alkyl halides is 3. The zero-order chi connectivity index (χ0) is 21.9. The maximum absolute atomic E-state index is 13.5. The van der Waals surface area contributed by atoms with E-state index < -0.39 is 28.4 Å². The largest absolute Gasteiger partial charge is 0.497 e. The molecule has 1 aromatic heterocycles. The van der Waals surface area contributed by atoms with E-state index in [0.717, 1.165) is 6.20 Å². The summed E-state index contributed by atoms with van der Waals surface area (Å²) in [6.45, 7) is 0. The lowest BCUT2D eigenvalue weighted by Gasteiger charge is -2.12. The van der Waals surface area contributed by atoms with Gasteiger partial charge in [-0.3, -0.25) is 14.7 Å². The molecule has 0 aliphatic carbocycles. The quantitative estimate of drug-likeness (QED) is 0.444. The predicted molar refractivity (Wildman–Crippen MR) is 103 cm³/mol. The van der Waals surface area contributed by atoms with Crippen molar-refractivity contribution in [1.29, 1.82) is 0 Å². The molecule has 0 aliphatic rings. The number of benzene rings is 2. The molecule has 3 aromatic rings. The highest BCUT2D eigenvalue weighted by Gasteiger charge is 2.41. The second-order valence-electron chi connectivity index (χ2n) is 5.82. The number of halogens is 4. The normalized spacial score (nSPS) is 12.0. The number of nitrogens with one attached hydrogen (secondary N) is 1. The number of hydrogen-bond donors (Lipinski definition) is 1. The van der Waals surface area contributed by atoms with Gasteiger partial charge in [0.15, 0.2) is 0 Å². The molecule has 0 saturated heterocycles. The number of nitrogens with zero attached hydrogens (tertiary/aromatic N) is 4. The molecule has 0 atom stereocenters. The van der Waals surface area contributed by atoms with Crippen LogP contribution in [0.5, 0.6) is 5.75 Å². The molecule has 0 amide bonds. The van der Waals surface area contributed by atoms with Crippen LogP contribution in [-0.2, 0) is 6.18 Å². The number of rotatable bonds is 6. The Labute approximate surface area is 172 Å². The molecule has 1 heterocycles. The molecular weight excluding hydrogens is 427 g/mol. The Morgan fingerprint density at radius 1 is 1.17 bits per heavy atom. The van der Waals surface area contributed by atoms with E-state index in [1.807, 2.05) is 0 Å². The molecule has 0 radical (unpaired) electrons. The molecule has 0 spiro atoms. The van der Waals surface area contributed by atoms with E-state index in [2.05, 4.69) is 15.5 Å². The Hall–Kier alpha value is -3.60. The summed E-state index contributed by atoms with van der Waals surface area (Å²) in [5, 5.41) is 21.3. The zero-order valence-electron chi connectivity index (χ0n) is 15.2. The summed E-state index contributed by atoms with van der Waals surface area (Å²) in [4.78, 5) is 10.8. The summed E-state index contributed by atoms with van der Waals surface area (Å²) < 4.78 is 46.0. The van der Waals surface area contributed by atoms with E-state index in [4.69, 9.17) is 16.3 Å². The average molecular weight is 440 g/mol. The number of aromatic nitrogens is 3. The molecule has 0 bridgehead atoms. The second kappa shape index (κ2) is 8.41. The van der Waals surface area contributed by atoms with Crippen molar-refractivity contribution in [3.63, 3.8) is 0 Å². The molecule has 0 unspecified atom stereocenters. The van der Waals surface area contributed by atoms with Crippen molar-refractivity contribution in [1.82, 2.24) is 14.8 Å². The molecule has 156 valence electrons. The van der Waals surface area contributed by atoms with Crippen molar-refractivity contribution in [2.45, 2.75) is 6.18 Å². The van der Waals surface area contributed by atoms with Crippen LogP contribution in [0, 0.1) is 10.1 Å². The molecule has 12 heteroatoms. The SMILES string of the molecule is COc1ccc(-n2c(C(=CNc3ccc(Cl)cc3)[N+](=O)[O-])nnc2C(F)(F)F)cc1. The Morgan fingerprint density at radius 3 is 2.33 bits per heavy atom. The molecule has 0 aliphatic heterocycles. The molecule has 8 nitrogen and oxygen atoms in total. The molecule has 0 fully saturated rings. The van der Waals surface area contributed by atoms with Crippen molar-refractivity contribution in [3.8, 4) is 11.4 Å². The first kappa shape index (κ1) is 21.1. The fraction of sp³-hybridized carbons (Fsp3) is 0.111. The minimum absolute atomic E-state index is 0.0256. The number of ether oxygens (including phenoxy) is 1. The van der Waals surface area contributed by atoms with Crippen LogP contribution in [0.4, 0.5) is 18.9 Å². The van der Waals surface area contributed by atoms with Gasteiger partial charge in [0, 0.05) is 16.4 Å². The highest BCUT2D eigenvalue weighted by atomic mass is 35.5. The van der Waals surface area contributed by atoms with Gasteiger partial charge in [-0.2, -0.15) is 13.2 Å². The van der Waals surface area contributed by atoms with Crippen LogP contribution >= 0.6 is 11.6 Å². The topological polar surface area (TPSA) is 95.1 Å². The lowest BCUT2D eigenvalue weighted by Crippen LogP contribution is -2.16. The Morgan fingerprint density at radius 2 is 1.80 bits per heavy atom. The summed E-state index contributed by atoms with van der Waals surface area (Å²) in [6.07, 6.45) is -3.95. The number of anilines is 1. The van der Waals surface area contributed by atoms with Gasteiger partial charge in [-0.25, -0.2) is 0 Å². The number of methoxy groups -OCH3 is 1. The summed E-state index contributed by atoms with van der Waals surface area (Å²) in [5.41, 5.74) is -0.309. The summed E-state index contributed by atoms with van der Waals surface area (Å²) >= 11 is 5.79. The van der Waals surface area contributed by atoms with E-state index in [1.165, 1.54) is 31.4 Å². The van der Waals surface area contributed by atoms with Crippen LogP contribution in [-0.4, -0.2) is 26.8 Å². The van der Waals surface area contributed by atoms with E-state index in [9.17, 15) is 23.3 Å². The fourth-order valence-electron chi connectivity index (χ4n) is 2.51. The molecule has 0 saturated carbocycles. The van der Waals surface area contributed by atoms with E-state index >= 15 is 0 Å². The lowest BCUT2D eigenvalue weighted by molar-refractivity contribution is -0.376. The van der Waals surface area contributed by atoms with Crippen molar-refractivity contribution in [3.05, 3.63) is 81.5 Å². The van der Waals surface area contributed by atoms with Crippen LogP contribution in [0.25, 0.3) is 11.4 Å². The van der Waals surface area contributed by atoms with Gasteiger partial charge in [0.2, 0.25) is 11.6 Å². The van der Waals surface area contributed by atoms with E-state index in [0.29, 0.717) is 21.0 Å². The van der Waals surface area contributed by atoms with Crippen LogP contribution in [0.3, 0.4) is 0 Å². The van der Waals surface area contributed by atoms with Gasteiger partial charge in [-0.05, 0) is 48.5 Å². The molecule has 1 N–H and O–H groups in total. The van der Waals surface area contributed by atoms with Gasteiger partial charge < -0.3 is 10.1 Å². The van der Waals surface area contributed by atoms with Gasteiger partial charge in [0.25, 0.3) is 0 Å². The smallest absolute Gasteiger partial charge is 0.452 e. The van der Waals surface area contributed by atoms with Crippen LogP contribution in [0.1, 0.15) is 11.6 Å². The highest BCUT2D eigenvalue weighted by Crippen LogP contribution is 2.32. The Kier molecular flexibility index (Phi) is 5.92. The first-order chi connectivity index (χ1) is 14.2. The second-order valence-corrected chi connectivity index (χ2v) is 6.25. The molecular formula is C18H13ClF3N5O3. The number of nitro groups is 1. The van der Waals surface area contributed by atoms with Gasteiger partial charge in [-0.1, -0.05) is 11.6 Å². The third-order valence-electron chi connectivity index (χ3n) is 3.89. The van der Waals surface area contributed by atoms with Gasteiger partial charge in [0.05, 0.1) is 18.2 Å². The monoisotopic (exact) mass is 439 g/mol. The van der Waals surface area contributed by atoms with Gasteiger partial charge in [0.1, 0.15) is 5.75 Å². The first-order valence-electron chi connectivity index (χ1n) is 8.25. The standard InChI is InChI=1S/C18H13ClF3N5O3/c1-30-14-8-6-13(7-9-14)26-16(24-25-17(26)18(20,21)22)15(27(28)29)10-23-12-4-2-11(19)3-5-12/h2-10,23H,1H3. The molecule has 30 heavy (non-hydrogen) atoms. The fourth-order valence-corrected chi connectivity index (χ4v) is 2.63. The van der Waals surface area contributed by atoms with E-state index in [-0.39, 0.29) is 5.69 Å². The Bertz CT molecular complexity index is 1080. The van der Waals surface area contributed by atoms with Gasteiger partial charge in [-0.15, -0.1) is 10.2 Å². The Balaban J connectivity index is 2.11. The summed E-state index contributed by atoms with van der Waals surface area (Å²) in [7, 11) is 1.40. The summed E-state index contributed by atoms with van der Waals surface area (Å²) in [5.74, 6) is -1.60. The maximum atomic E-state index is 13.5. The molecule has 3 rings (SSSR count). The van der Waals surface area contributed by atoms with Gasteiger partial charge >= 0.3 is 11.9 Å². The van der Waals surface area contributed by atoms with Crippen LogP contribution in [0.2, 0.25) is 5.02 Å². The zero-order valence-corrected chi connectivity index (χ0v) is 16.0. The third-order valence-corrected chi connectivity index (χ3v) is 4.14. The lowest BCUT2D eigenvalue weighted by atomic mass is 10.2. The van der Waals surface area contributed by atoms with Crippen molar-refractivity contribution >= 4 is 23.0 Å². The van der Waals surface area contributed by atoms with Crippen molar-refractivity contribution in [2.75, 3.05) is 12.4 Å². The minimum atomic E-state index is -4.89. The maximum Gasteiger partial charge on any atom is 0.452 e. The molecule has 2 aromatic carbocycles. The third kappa shape index (κ3) is 4.51. The minimum Gasteiger partial charge on any atom is -0.497 e. The van der Waals surface area contributed by atoms with Crippen molar-refractivity contribution < 1.29 is 22.8 Å². The average Bonchev–Trinajstić information content (AvgIpc) is 3.14. The van der Waals surface area contributed by atoms with Crippen LogP contribution < -0.4 is 10.1 Å². The van der Waals surface area contributed by atoms with Crippen molar-refractivity contribution in [2.24, 2.45) is 0 Å². The van der Waals surface area contributed by atoms with Crippen LogP contribution in [0.15, 0.2) is 54.7 Å². The van der Waals surface area contributed by atoms with E-state index in [1.54, 1.807) is 24.3 Å². The first-order valence-corrected chi connectivity index (χ1v) is 8.62. The summed E-state index contributed by atoms with van der Waals surface area (Å²) in [6, 6.07) is 11.6.